The maximum atomic E-state index is 12.8. The van der Waals surface area contributed by atoms with Crippen molar-refractivity contribution in [3.05, 3.63) is 60.8 Å². The first-order valence-corrected chi connectivity index (χ1v) is 28.8. The van der Waals surface area contributed by atoms with E-state index >= 15 is 0 Å². The van der Waals surface area contributed by atoms with E-state index in [1.165, 1.54) is 161 Å². The quantitative estimate of drug-likeness (QED) is 0.0262. The second-order valence-corrected chi connectivity index (χ2v) is 19.2. The molecule has 0 aromatic rings. The Morgan fingerprint density at radius 3 is 0.910 bits per heavy atom. The van der Waals surface area contributed by atoms with E-state index in [1.807, 2.05) is 0 Å². The number of rotatable bonds is 52. The molecule has 0 aliphatic heterocycles. The third-order valence-corrected chi connectivity index (χ3v) is 12.5. The molecular weight excluding hydrogens is 829 g/mol. The summed E-state index contributed by atoms with van der Waals surface area (Å²) in [5.41, 5.74) is 0. The monoisotopic (exact) mass is 937 g/mol. The van der Waals surface area contributed by atoms with Crippen molar-refractivity contribution in [3.63, 3.8) is 0 Å². The number of hydrogen-bond acceptors (Lipinski definition) is 6. The predicted molar refractivity (Wildman–Crippen MR) is 288 cm³/mol. The topological polar surface area (TPSA) is 78.9 Å². The van der Waals surface area contributed by atoms with Crippen molar-refractivity contribution in [2.45, 2.75) is 297 Å². The minimum absolute atomic E-state index is 0.0773. The van der Waals surface area contributed by atoms with Crippen LogP contribution in [0, 0.1) is 0 Å². The first-order chi connectivity index (χ1) is 33.0. The molecule has 388 valence electrons. The molecule has 0 radical (unpaired) electrons. The molecule has 1 atom stereocenters. The van der Waals surface area contributed by atoms with Crippen molar-refractivity contribution in [2.75, 3.05) is 13.2 Å². The first kappa shape index (κ1) is 64.1. The van der Waals surface area contributed by atoms with Gasteiger partial charge in [-0.3, -0.25) is 14.4 Å². The summed E-state index contributed by atoms with van der Waals surface area (Å²) in [5.74, 6) is -0.882. The van der Waals surface area contributed by atoms with Gasteiger partial charge in [0, 0.05) is 19.3 Å². The Bertz CT molecular complexity index is 1210. The molecule has 0 fully saturated rings. The zero-order valence-electron chi connectivity index (χ0n) is 44.4. The Morgan fingerprint density at radius 1 is 0.313 bits per heavy atom. The second kappa shape index (κ2) is 55.7. The Hall–Kier alpha value is -2.89. The normalized spacial score (nSPS) is 12.5. The molecule has 0 saturated carbocycles. The van der Waals surface area contributed by atoms with Crippen LogP contribution < -0.4 is 0 Å². The summed E-state index contributed by atoms with van der Waals surface area (Å²) >= 11 is 0. The third kappa shape index (κ3) is 53.9. The van der Waals surface area contributed by atoms with Crippen molar-refractivity contribution < 1.29 is 28.6 Å². The van der Waals surface area contributed by atoms with Gasteiger partial charge < -0.3 is 14.2 Å². The highest BCUT2D eigenvalue weighted by Crippen LogP contribution is 2.16. The molecule has 6 heteroatoms. The van der Waals surface area contributed by atoms with Gasteiger partial charge in [-0.1, -0.05) is 248 Å². The van der Waals surface area contributed by atoms with Crippen LogP contribution in [0.2, 0.25) is 0 Å². The molecule has 1 unspecified atom stereocenters. The molecule has 0 spiro atoms. The van der Waals surface area contributed by atoms with Crippen LogP contribution in [0.4, 0.5) is 0 Å². The minimum atomic E-state index is -0.779. The number of carbonyl (C=O) groups is 3. The maximum absolute atomic E-state index is 12.8. The lowest BCUT2D eigenvalue weighted by atomic mass is 10.1. The molecule has 0 rings (SSSR count). The number of unbranched alkanes of at least 4 members (excludes halogenated alkanes) is 31. The zero-order valence-corrected chi connectivity index (χ0v) is 44.4. The van der Waals surface area contributed by atoms with Crippen LogP contribution >= 0.6 is 0 Å². The molecule has 0 aliphatic rings. The maximum Gasteiger partial charge on any atom is 0.306 e. The van der Waals surface area contributed by atoms with Gasteiger partial charge in [-0.15, -0.1) is 0 Å². The van der Waals surface area contributed by atoms with Crippen molar-refractivity contribution in [1.29, 1.82) is 0 Å². The third-order valence-electron chi connectivity index (χ3n) is 12.5. The lowest BCUT2D eigenvalue weighted by Crippen LogP contribution is -2.30. The lowest BCUT2D eigenvalue weighted by molar-refractivity contribution is -0.167. The number of hydrogen-bond donors (Lipinski definition) is 0. The Morgan fingerprint density at radius 2 is 0.582 bits per heavy atom. The highest BCUT2D eigenvalue weighted by atomic mass is 16.6. The summed E-state index contributed by atoms with van der Waals surface area (Å²) in [6.45, 7) is 6.52. The molecule has 0 aromatic carbocycles. The van der Waals surface area contributed by atoms with Crippen molar-refractivity contribution in [1.82, 2.24) is 0 Å². The standard InChI is InChI=1S/C61H108O6/c1-4-7-10-13-16-19-22-24-26-28-29-30-31-33-34-36-39-42-45-48-51-54-60(63)66-57-58(56-65-59(62)53-50-47-44-41-38-21-18-15-12-9-6-3)67-61(64)55-52-49-46-43-40-37-35-32-27-25-23-20-17-14-11-8-5-2/h8,11,17,20,22,24-25,27-29,58H,4-7,9-10,12-16,18-19,21,23,26,30-57H2,1-3H3/b11-8-,20-17-,24-22-,27-25-,29-28-. The fourth-order valence-electron chi connectivity index (χ4n) is 8.19. The predicted octanol–water partition coefficient (Wildman–Crippen LogP) is 19.2. The molecule has 0 amide bonds. The van der Waals surface area contributed by atoms with Gasteiger partial charge in [-0.25, -0.2) is 0 Å². The van der Waals surface area contributed by atoms with Gasteiger partial charge in [0.15, 0.2) is 6.10 Å². The van der Waals surface area contributed by atoms with Crippen molar-refractivity contribution >= 4 is 17.9 Å². The Labute approximate surface area is 415 Å². The van der Waals surface area contributed by atoms with Crippen LogP contribution in [0.1, 0.15) is 290 Å². The van der Waals surface area contributed by atoms with Gasteiger partial charge in [0.25, 0.3) is 0 Å². The summed E-state index contributed by atoms with van der Waals surface area (Å²) in [7, 11) is 0. The average molecular weight is 938 g/mol. The van der Waals surface area contributed by atoms with Crippen molar-refractivity contribution in [2.24, 2.45) is 0 Å². The van der Waals surface area contributed by atoms with E-state index < -0.39 is 6.10 Å². The van der Waals surface area contributed by atoms with Gasteiger partial charge in [0.05, 0.1) is 0 Å². The highest BCUT2D eigenvalue weighted by molar-refractivity contribution is 5.71. The summed E-state index contributed by atoms with van der Waals surface area (Å²) in [4.78, 5) is 38.1. The second-order valence-electron chi connectivity index (χ2n) is 19.2. The van der Waals surface area contributed by atoms with Gasteiger partial charge >= 0.3 is 17.9 Å². The van der Waals surface area contributed by atoms with E-state index in [-0.39, 0.29) is 31.1 Å². The summed E-state index contributed by atoms with van der Waals surface area (Å²) in [6.07, 6.45) is 69.2. The SMILES string of the molecule is CC/C=C\C/C=C\C/C=C\CCCCCCCCCC(=O)OC(COC(=O)CCCCCCCCCCC/C=C\C/C=C\CCCCCCC)COC(=O)CCCCCCCCCCCCC. The van der Waals surface area contributed by atoms with Crippen LogP contribution in [-0.4, -0.2) is 37.2 Å². The lowest BCUT2D eigenvalue weighted by Gasteiger charge is -2.18. The average Bonchev–Trinajstić information content (AvgIpc) is 3.33. The van der Waals surface area contributed by atoms with E-state index in [0.717, 1.165) is 89.9 Å². The molecule has 0 aromatic heterocycles. The minimum Gasteiger partial charge on any atom is -0.462 e. The van der Waals surface area contributed by atoms with E-state index in [1.54, 1.807) is 0 Å². The fourth-order valence-corrected chi connectivity index (χ4v) is 8.19. The molecule has 0 heterocycles. The van der Waals surface area contributed by atoms with Gasteiger partial charge in [0.2, 0.25) is 0 Å². The van der Waals surface area contributed by atoms with Gasteiger partial charge in [-0.05, 0) is 83.5 Å². The van der Waals surface area contributed by atoms with Gasteiger partial charge in [0.1, 0.15) is 13.2 Å². The zero-order chi connectivity index (χ0) is 48.6. The molecule has 0 saturated heterocycles. The van der Waals surface area contributed by atoms with Crippen LogP contribution in [0.5, 0.6) is 0 Å². The summed E-state index contributed by atoms with van der Waals surface area (Å²) in [6, 6.07) is 0. The molecule has 0 aliphatic carbocycles. The van der Waals surface area contributed by atoms with E-state index in [2.05, 4.69) is 81.5 Å². The first-order valence-electron chi connectivity index (χ1n) is 28.8. The largest absolute Gasteiger partial charge is 0.462 e. The molecule has 67 heavy (non-hydrogen) atoms. The fraction of sp³-hybridized carbons (Fsp3) is 0.787. The Kier molecular flexibility index (Phi) is 53.3. The van der Waals surface area contributed by atoms with Crippen LogP contribution in [-0.2, 0) is 28.6 Å². The molecule has 6 nitrogen and oxygen atoms in total. The molecular formula is C61H108O6. The van der Waals surface area contributed by atoms with Crippen molar-refractivity contribution in [3.8, 4) is 0 Å². The molecule has 0 bridgehead atoms. The Balaban J connectivity index is 4.32. The van der Waals surface area contributed by atoms with E-state index in [4.69, 9.17) is 14.2 Å². The summed E-state index contributed by atoms with van der Waals surface area (Å²) < 4.78 is 16.9. The van der Waals surface area contributed by atoms with Crippen LogP contribution in [0.3, 0.4) is 0 Å². The van der Waals surface area contributed by atoms with E-state index in [0.29, 0.717) is 19.3 Å². The van der Waals surface area contributed by atoms with Crippen LogP contribution in [0.25, 0.3) is 0 Å². The highest BCUT2D eigenvalue weighted by Gasteiger charge is 2.19. The summed E-state index contributed by atoms with van der Waals surface area (Å²) in [5, 5.41) is 0. The van der Waals surface area contributed by atoms with Gasteiger partial charge in [-0.2, -0.15) is 0 Å². The molecule has 0 N–H and O–H groups in total. The number of esters is 3. The van der Waals surface area contributed by atoms with E-state index in [9.17, 15) is 14.4 Å². The smallest absolute Gasteiger partial charge is 0.306 e. The number of ether oxygens (including phenoxy) is 3. The van der Waals surface area contributed by atoms with Crippen LogP contribution in [0.15, 0.2) is 60.8 Å². The number of allylic oxidation sites excluding steroid dienone is 10. The number of carbonyl (C=O) groups excluding carboxylic acids is 3.